The van der Waals surface area contributed by atoms with Crippen molar-refractivity contribution in [2.24, 2.45) is 29.6 Å². The lowest BCUT2D eigenvalue weighted by atomic mass is 9.62. The highest BCUT2D eigenvalue weighted by atomic mass is 16.5. The van der Waals surface area contributed by atoms with E-state index in [1.54, 1.807) is 0 Å². The molecule has 1 fully saturated rings. The molecule has 0 aliphatic heterocycles. The molecule has 1 heteroatoms. The first-order valence-corrected chi connectivity index (χ1v) is 7.05. The van der Waals surface area contributed by atoms with Crippen molar-refractivity contribution in [1.82, 2.24) is 0 Å². The Labute approximate surface area is 102 Å². The van der Waals surface area contributed by atoms with E-state index < -0.39 is 0 Å². The molecule has 96 valence electrons. The lowest BCUT2D eigenvalue weighted by Gasteiger charge is -2.45. The van der Waals surface area contributed by atoms with E-state index >= 15 is 0 Å². The van der Waals surface area contributed by atoms with Crippen LogP contribution < -0.4 is 0 Å². The summed E-state index contributed by atoms with van der Waals surface area (Å²) in [5, 5.41) is 0. The monoisotopic (exact) mass is 226 g/mol. The second-order valence-electron chi connectivity index (χ2n) is 5.98. The maximum atomic E-state index is 5.56. The van der Waals surface area contributed by atoms with Gasteiger partial charge in [0.15, 0.2) is 0 Å². The summed E-state index contributed by atoms with van der Waals surface area (Å²) < 4.78 is 5.56. The molecular weight excluding hydrogens is 196 g/mol. The van der Waals surface area contributed by atoms with Gasteiger partial charge >= 0.3 is 0 Å². The highest BCUT2D eigenvalue weighted by molar-refractivity contribution is 4.88. The average Bonchev–Trinajstić information content (AvgIpc) is 2.28. The zero-order valence-electron chi connectivity index (χ0n) is 12.0. The second kappa shape index (κ2) is 6.05. The van der Waals surface area contributed by atoms with Gasteiger partial charge in [-0.2, -0.15) is 0 Å². The molecule has 0 radical (unpaired) electrons. The van der Waals surface area contributed by atoms with Crippen LogP contribution in [0.1, 0.15) is 53.9 Å². The molecular formula is C15H30O. The van der Waals surface area contributed by atoms with Gasteiger partial charge in [-0.1, -0.05) is 40.5 Å². The minimum atomic E-state index is 0.425. The molecule has 0 bridgehead atoms. The SMILES string of the molecule is CCC(C)C1C(C)CCC(C(C)OC)C1C. The van der Waals surface area contributed by atoms with Crippen molar-refractivity contribution in [3.8, 4) is 0 Å². The van der Waals surface area contributed by atoms with Crippen LogP contribution >= 0.6 is 0 Å². The standard InChI is InChI=1S/C15H30O/c1-7-10(2)15-11(3)8-9-14(12(15)4)13(5)16-6/h10-15H,7-9H2,1-6H3. The van der Waals surface area contributed by atoms with E-state index in [2.05, 4.69) is 34.6 Å². The summed E-state index contributed by atoms with van der Waals surface area (Å²) >= 11 is 0. The van der Waals surface area contributed by atoms with Crippen molar-refractivity contribution in [3.63, 3.8) is 0 Å². The molecule has 0 spiro atoms. The van der Waals surface area contributed by atoms with Crippen LogP contribution in [0, 0.1) is 29.6 Å². The predicted octanol–water partition coefficient (Wildman–Crippen LogP) is 4.37. The van der Waals surface area contributed by atoms with Crippen molar-refractivity contribution in [2.75, 3.05) is 7.11 Å². The molecule has 0 aromatic heterocycles. The molecule has 6 atom stereocenters. The van der Waals surface area contributed by atoms with E-state index in [0.717, 1.165) is 29.6 Å². The fourth-order valence-electron chi connectivity index (χ4n) is 3.90. The summed E-state index contributed by atoms with van der Waals surface area (Å²) in [6.45, 7) is 11.9. The molecule has 6 unspecified atom stereocenters. The summed E-state index contributed by atoms with van der Waals surface area (Å²) in [6, 6.07) is 0. The lowest BCUT2D eigenvalue weighted by Crippen LogP contribution is -2.40. The Hall–Kier alpha value is -0.0400. The molecule has 1 saturated carbocycles. The van der Waals surface area contributed by atoms with Gasteiger partial charge in [0.25, 0.3) is 0 Å². The fraction of sp³-hybridized carbons (Fsp3) is 1.00. The minimum absolute atomic E-state index is 0.425. The van der Waals surface area contributed by atoms with Crippen LogP contribution in [-0.4, -0.2) is 13.2 Å². The van der Waals surface area contributed by atoms with E-state index in [0.29, 0.717) is 6.10 Å². The molecule has 16 heavy (non-hydrogen) atoms. The van der Waals surface area contributed by atoms with Gasteiger partial charge in [-0.3, -0.25) is 0 Å². The van der Waals surface area contributed by atoms with Crippen molar-refractivity contribution < 1.29 is 4.74 Å². The molecule has 0 amide bonds. The van der Waals surface area contributed by atoms with E-state index in [9.17, 15) is 0 Å². The summed E-state index contributed by atoms with van der Waals surface area (Å²) in [5.74, 6) is 4.22. The summed E-state index contributed by atoms with van der Waals surface area (Å²) in [6.07, 6.45) is 4.48. The van der Waals surface area contributed by atoms with Crippen LogP contribution in [0.3, 0.4) is 0 Å². The number of ether oxygens (including phenoxy) is 1. The number of methoxy groups -OCH3 is 1. The predicted molar refractivity (Wildman–Crippen MR) is 70.5 cm³/mol. The normalized spacial score (nSPS) is 39.4. The van der Waals surface area contributed by atoms with Crippen LogP contribution in [0.15, 0.2) is 0 Å². The van der Waals surface area contributed by atoms with Crippen LogP contribution in [0.25, 0.3) is 0 Å². The highest BCUT2D eigenvalue weighted by Crippen LogP contribution is 2.44. The lowest BCUT2D eigenvalue weighted by molar-refractivity contribution is -0.0229. The van der Waals surface area contributed by atoms with Crippen LogP contribution in [0.4, 0.5) is 0 Å². The van der Waals surface area contributed by atoms with Gasteiger partial charge in [-0.05, 0) is 42.9 Å². The number of hydrogen-bond acceptors (Lipinski definition) is 1. The number of rotatable bonds is 4. The smallest absolute Gasteiger partial charge is 0.0574 e. The second-order valence-corrected chi connectivity index (χ2v) is 5.98. The maximum absolute atomic E-state index is 5.56. The van der Waals surface area contributed by atoms with Gasteiger partial charge in [-0.15, -0.1) is 0 Å². The van der Waals surface area contributed by atoms with E-state index in [1.807, 2.05) is 7.11 Å². The zero-order valence-corrected chi connectivity index (χ0v) is 12.0. The van der Waals surface area contributed by atoms with Gasteiger partial charge in [0, 0.05) is 7.11 Å². The number of hydrogen-bond donors (Lipinski definition) is 0. The molecule has 0 aromatic rings. The van der Waals surface area contributed by atoms with Gasteiger partial charge in [0.2, 0.25) is 0 Å². The summed E-state index contributed by atoms with van der Waals surface area (Å²) in [4.78, 5) is 0. The van der Waals surface area contributed by atoms with Crippen molar-refractivity contribution in [3.05, 3.63) is 0 Å². The molecule has 0 N–H and O–H groups in total. The molecule has 1 nitrogen and oxygen atoms in total. The Morgan fingerprint density at radius 1 is 1.19 bits per heavy atom. The third-order valence-corrected chi connectivity index (χ3v) is 5.17. The average molecular weight is 226 g/mol. The molecule has 0 aromatic carbocycles. The van der Waals surface area contributed by atoms with E-state index in [4.69, 9.17) is 4.74 Å². The third-order valence-electron chi connectivity index (χ3n) is 5.17. The first-order chi connectivity index (χ1) is 7.52. The Bertz CT molecular complexity index is 198. The van der Waals surface area contributed by atoms with Crippen LogP contribution in [0.2, 0.25) is 0 Å². The Balaban J connectivity index is 2.74. The van der Waals surface area contributed by atoms with Crippen molar-refractivity contribution in [2.45, 2.75) is 60.0 Å². The molecule has 0 heterocycles. The van der Waals surface area contributed by atoms with Gasteiger partial charge in [-0.25, -0.2) is 0 Å². The zero-order chi connectivity index (χ0) is 12.3. The molecule has 1 aliphatic carbocycles. The van der Waals surface area contributed by atoms with E-state index in [-0.39, 0.29) is 0 Å². The third kappa shape index (κ3) is 2.80. The quantitative estimate of drug-likeness (QED) is 0.692. The first-order valence-electron chi connectivity index (χ1n) is 7.05. The summed E-state index contributed by atoms with van der Waals surface area (Å²) in [7, 11) is 1.85. The minimum Gasteiger partial charge on any atom is -0.381 e. The van der Waals surface area contributed by atoms with Crippen molar-refractivity contribution in [1.29, 1.82) is 0 Å². The molecule has 1 aliphatic rings. The van der Waals surface area contributed by atoms with Gasteiger partial charge in [0.05, 0.1) is 6.10 Å². The largest absolute Gasteiger partial charge is 0.381 e. The molecule has 0 saturated heterocycles. The maximum Gasteiger partial charge on any atom is 0.0574 e. The van der Waals surface area contributed by atoms with Gasteiger partial charge < -0.3 is 4.74 Å². The van der Waals surface area contributed by atoms with Crippen LogP contribution in [0.5, 0.6) is 0 Å². The topological polar surface area (TPSA) is 9.23 Å². The first kappa shape index (κ1) is 14.0. The van der Waals surface area contributed by atoms with Crippen molar-refractivity contribution >= 4 is 0 Å². The Kier molecular flexibility index (Phi) is 5.30. The fourth-order valence-corrected chi connectivity index (χ4v) is 3.90. The van der Waals surface area contributed by atoms with Gasteiger partial charge in [0.1, 0.15) is 0 Å². The Morgan fingerprint density at radius 3 is 2.31 bits per heavy atom. The van der Waals surface area contributed by atoms with Crippen LogP contribution in [-0.2, 0) is 4.74 Å². The van der Waals surface area contributed by atoms with E-state index in [1.165, 1.54) is 19.3 Å². The summed E-state index contributed by atoms with van der Waals surface area (Å²) in [5.41, 5.74) is 0. The highest BCUT2D eigenvalue weighted by Gasteiger charge is 2.39. The molecule has 1 rings (SSSR count). The Morgan fingerprint density at radius 2 is 1.81 bits per heavy atom.